The molecule has 2 rings (SSSR count). The predicted molar refractivity (Wildman–Crippen MR) is 69.9 cm³/mol. The second-order valence-corrected chi connectivity index (χ2v) is 3.85. The van der Waals surface area contributed by atoms with E-state index in [-0.39, 0.29) is 0 Å². The molecule has 0 aliphatic carbocycles. The van der Waals surface area contributed by atoms with Gasteiger partial charge in [0.25, 0.3) is 0 Å². The molecule has 2 aromatic rings. The van der Waals surface area contributed by atoms with E-state index in [9.17, 15) is 0 Å². The Balaban J connectivity index is 2.37. The summed E-state index contributed by atoms with van der Waals surface area (Å²) in [4.78, 5) is 4.10. The Labute approximate surface area is 101 Å². The van der Waals surface area contributed by atoms with Crippen LogP contribution in [0.4, 0.5) is 5.69 Å². The highest BCUT2D eigenvalue weighted by molar-refractivity contribution is 5.71. The van der Waals surface area contributed by atoms with Crippen molar-refractivity contribution in [1.82, 2.24) is 4.98 Å². The number of ether oxygens (including phenoxy) is 1. The molecule has 0 aliphatic heterocycles. The van der Waals surface area contributed by atoms with Crippen molar-refractivity contribution in [2.24, 2.45) is 0 Å². The zero-order valence-electron chi connectivity index (χ0n) is 9.89. The number of rotatable bonds is 4. The monoisotopic (exact) mass is 228 g/mol. The van der Waals surface area contributed by atoms with Gasteiger partial charge in [-0.15, -0.1) is 0 Å². The van der Waals surface area contributed by atoms with Crippen LogP contribution in [0.1, 0.15) is 13.3 Å². The first-order chi connectivity index (χ1) is 8.31. The van der Waals surface area contributed by atoms with Crippen molar-refractivity contribution in [3.05, 3.63) is 42.7 Å². The van der Waals surface area contributed by atoms with Crippen LogP contribution < -0.4 is 10.5 Å². The number of nitrogen functional groups attached to an aromatic ring is 1. The molecule has 0 unspecified atom stereocenters. The minimum absolute atomic E-state index is 0.660. The van der Waals surface area contributed by atoms with Gasteiger partial charge in [0.1, 0.15) is 5.75 Å². The molecule has 2 N–H and O–H groups in total. The molecular formula is C14H16N2O. The lowest BCUT2D eigenvalue weighted by molar-refractivity contribution is 0.318. The summed E-state index contributed by atoms with van der Waals surface area (Å²) in [5.74, 6) is 0.877. The molecule has 3 nitrogen and oxygen atoms in total. The quantitative estimate of drug-likeness (QED) is 0.874. The molecule has 88 valence electrons. The minimum Gasteiger partial charge on any atom is -0.493 e. The molecule has 0 radical (unpaired) electrons. The van der Waals surface area contributed by atoms with E-state index >= 15 is 0 Å². The molecule has 0 amide bonds. The summed E-state index contributed by atoms with van der Waals surface area (Å²) < 4.78 is 5.71. The van der Waals surface area contributed by atoms with Gasteiger partial charge >= 0.3 is 0 Å². The Hall–Kier alpha value is -2.03. The fourth-order valence-electron chi connectivity index (χ4n) is 1.65. The van der Waals surface area contributed by atoms with Crippen molar-refractivity contribution >= 4 is 5.69 Å². The van der Waals surface area contributed by atoms with Crippen LogP contribution in [0.2, 0.25) is 0 Å². The molecule has 0 atom stereocenters. The van der Waals surface area contributed by atoms with Crippen LogP contribution >= 0.6 is 0 Å². The Kier molecular flexibility index (Phi) is 3.60. The number of hydrogen-bond acceptors (Lipinski definition) is 3. The van der Waals surface area contributed by atoms with Crippen LogP contribution in [-0.2, 0) is 0 Å². The van der Waals surface area contributed by atoms with Crippen molar-refractivity contribution in [2.75, 3.05) is 12.3 Å². The van der Waals surface area contributed by atoms with Gasteiger partial charge in [-0.2, -0.15) is 0 Å². The molecule has 1 aromatic heterocycles. The third-order valence-electron chi connectivity index (χ3n) is 2.42. The zero-order chi connectivity index (χ0) is 12.1. The Morgan fingerprint density at radius 3 is 2.82 bits per heavy atom. The fourth-order valence-corrected chi connectivity index (χ4v) is 1.65. The summed E-state index contributed by atoms with van der Waals surface area (Å²) >= 11 is 0. The maximum Gasteiger partial charge on any atom is 0.127 e. The van der Waals surface area contributed by atoms with Gasteiger partial charge in [0.2, 0.25) is 0 Å². The lowest BCUT2D eigenvalue weighted by Crippen LogP contribution is -1.97. The molecule has 0 aliphatic rings. The van der Waals surface area contributed by atoms with E-state index < -0.39 is 0 Å². The summed E-state index contributed by atoms with van der Waals surface area (Å²) in [6.07, 6.45) is 4.42. The average molecular weight is 228 g/mol. The first-order valence-corrected chi connectivity index (χ1v) is 5.74. The molecule has 0 saturated carbocycles. The van der Waals surface area contributed by atoms with Crippen LogP contribution in [0.15, 0.2) is 42.7 Å². The third kappa shape index (κ3) is 2.75. The van der Waals surface area contributed by atoms with E-state index in [0.717, 1.165) is 23.3 Å². The minimum atomic E-state index is 0.660. The number of nitrogens with zero attached hydrogens (tertiary/aromatic N) is 1. The lowest BCUT2D eigenvalue weighted by atomic mass is 10.1. The molecule has 0 fully saturated rings. The van der Waals surface area contributed by atoms with Gasteiger partial charge in [-0.25, -0.2) is 0 Å². The molecule has 0 saturated heterocycles. The topological polar surface area (TPSA) is 48.1 Å². The number of benzene rings is 1. The largest absolute Gasteiger partial charge is 0.493 e. The normalized spacial score (nSPS) is 10.2. The van der Waals surface area contributed by atoms with Crippen molar-refractivity contribution < 1.29 is 4.74 Å². The highest BCUT2D eigenvalue weighted by Gasteiger charge is 2.05. The molecule has 17 heavy (non-hydrogen) atoms. The summed E-state index contributed by atoms with van der Waals surface area (Å²) in [6, 6.07) is 9.84. The second kappa shape index (κ2) is 5.34. The van der Waals surface area contributed by atoms with Crippen molar-refractivity contribution in [3.8, 4) is 16.9 Å². The number of anilines is 1. The Morgan fingerprint density at radius 1 is 1.24 bits per heavy atom. The van der Waals surface area contributed by atoms with Gasteiger partial charge < -0.3 is 10.5 Å². The first-order valence-electron chi connectivity index (χ1n) is 5.74. The molecule has 3 heteroatoms. The Bertz CT molecular complexity index is 497. The Morgan fingerprint density at radius 2 is 2.06 bits per heavy atom. The maximum absolute atomic E-state index is 5.74. The van der Waals surface area contributed by atoms with Crippen LogP contribution in [0.3, 0.4) is 0 Å². The lowest BCUT2D eigenvalue weighted by Gasteiger charge is -2.10. The highest BCUT2D eigenvalue weighted by Crippen LogP contribution is 2.30. The van der Waals surface area contributed by atoms with E-state index in [2.05, 4.69) is 11.9 Å². The zero-order valence-corrected chi connectivity index (χ0v) is 9.89. The number of nitrogens with two attached hydrogens (primary N) is 1. The van der Waals surface area contributed by atoms with E-state index in [1.54, 1.807) is 12.4 Å². The number of hydrogen-bond donors (Lipinski definition) is 1. The van der Waals surface area contributed by atoms with E-state index in [4.69, 9.17) is 10.5 Å². The van der Waals surface area contributed by atoms with Crippen LogP contribution in [-0.4, -0.2) is 11.6 Å². The van der Waals surface area contributed by atoms with E-state index in [1.807, 2.05) is 30.3 Å². The SMILES string of the molecule is CCCOc1ccccc1-c1cncc(N)c1. The van der Waals surface area contributed by atoms with Gasteiger partial charge in [0.15, 0.2) is 0 Å². The van der Waals surface area contributed by atoms with Crippen LogP contribution in [0.5, 0.6) is 5.75 Å². The summed E-state index contributed by atoms with van der Waals surface area (Å²) in [7, 11) is 0. The van der Waals surface area contributed by atoms with Crippen molar-refractivity contribution in [1.29, 1.82) is 0 Å². The molecule has 1 aromatic carbocycles. The maximum atomic E-state index is 5.74. The van der Waals surface area contributed by atoms with Gasteiger partial charge in [0, 0.05) is 23.5 Å². The predicted octanol–water partition coefficient (Wildman–Crippen LogP) is 3.12. The summed E-state index contributed by atoms with van der Waals surface area (Å²) in [5, 5.41) is 0. The van der Waals surface area contributed by atoms with E-state index in [0.29, 0.717) is 12.3 Å². The van der Waals surface area contributed by atoms with Crippen molar-refractivity contribution in [3.63, 3.8) is 0 Å². The first kappa shape index (κ1) is 11.5. The van der Waals surface area contributed by atoms with Crippen LogP contribution in [0.25, 0.3) is 11.1 Å². The second-order valence-electron chi connectivity index (χ2n) is 3.85. The fraction of sp³-hybridized carbons (Fsp3) is 0.214. The molecule has 0 bridgehead atoms. The third-order valence-corrected chi connectivity index (χ3v) is 2.42. The highest BCUT2D eigenvalue weighted by atomic mass is 16.5. The number of aromatic nitrogens is 1. The van der Waals surface area contributed by atoms with Gasteiger partial charge in [-0.05, 0) is 18.6 Å². The van der Waals surface area contributed by atoms with Gasteiger partial charge in [-0.3, -0.25) is 4.98 Å². The van der Waals surface area contributed by atoms with Gasteiger partial charge in [-0.1, -0.05) is 25.1 Å². The van der Waals surface area contributed by atoms with Gasteiger partial charge in [0.05, 0.1) is 12.3 Å². The molecule has 1 heterocycles. The number of para-hydroxylation sites is 1. The number of pyridine rings is 1. The molecule has 0 spiro atoms. The summed E-state index contributed by atoms with van der Waals surface area (Å²) in [6.45, 7) is 2.80. The van der Waals surface area contributed by atoms with Crippen molar-refractivity contribution in [2.45, 2.75) is 13.3 Å². The summed E-state index contributed by atoms with van der Waals surface area (Å²) in [5.41, 5.74) is 8.41. The average Bonchev–Trinajstić information content (AvgIpc) is 2.37. The smallest absolute Gasteiger partial charge is 0.127 e. The molecular weight excluding hydrogens is 212 g/mol. The van der Waals surface area contributed by atoms with Crippen LogP contribution in [0, 0.1) is 0 Å². The van der Waals surface area contributed by atoms with E-state index in [1.165, 1.54) is 0 Å². The standard InChI is InChI=1S/C14H16N2O/c1-2-7-17-14-6-4-3-5-13(14)11-8-12(15)10-16-9-11/h3-6,8-10H,2,7,15H2,1H3.